The molecule has 20 heavy (non-hydrogen) atoms. The van der Waals surface area contributed by atoms with E-state index in [1.807, 2.05) is 24.3 Å². The van der Waals surface area contributed by atoms with Crippen LogP contribution in [0.1, 0.15) is 23.0 Å². The first-order valence-electron chi connectivity index (χ1n) is 6.14. The van der Waals surface area contributed by atoms with Crippen LogP contribution in [0.2, 0.25) is 5.02 Å². The molecule has 0 saturated heterocycles. The maximum absolute atomic E-state index is 12.4. The normalized spacial score (nSPS) is 12.3. The van der Waals surface area contributed by atoms with Crippen LogP contribution in [-0.4, -0.2) is 35.0 Å². The van der Waals surface area contributed by atoms with Crippen molar-refractivity contribution in [1.82, 2.24) is 4.90 Å². The molecule has 0 spiro atoms. The summed E-state index contributed by atoms with van der Waals surface area (Å²) in [6, 6.07) is 6.62. The third-order valence-electron chi connectivity index (χ3n) is 3.19. The van der Waals surface area contributed by atoms with E-state index in [2.05, 4.69) is 0 Å². The van der Waals surface area contributed by atoms with Gasteiger partial charge in [-0.25, -0.2) is 4.79 Å². The van der Waals surface area contributed by atoms with Crippen molar-refractivity contribution in [3.05, 3.63) is 34.2 Å². The number of carbonyl (C=O) groups excluding carboxylic acids is 1. The van der Waals surface area contributed by atoms with Crippen molar-refractivity contribution >= 4 is 44.9 Å². The summed E-state index contributed by atoms with van der Waals surface area (Å²) in [5.74, 6) is -1.37. The zero-order valence-electron chi connectivity index (χ0n) is 11.1. The first kappa shape index (κ1) is 14.8. The van der Waals surface area contributed by atoms with Crippen LogP contribution in [0.15, 0.2) is 24.3 Å². The van der Waals surface area contributed by atoms with E-state index in [4.69, 9.17) is 16.7 Å². The molecule has 106 valence electrons. The maximum atomic E-state index is 12.4. The highest BCUT2D eigenvalue weighted by molar-refractivity contribution is 7.21. The van der Waals surface area contributed by atoms with E-state index < -0.39 is 12.0 Å². The minimum Gasteiger partial charge on any atom is -0.480 e. The number of hydrogen-bond acceptors (Lipinski definition) is 3. The lowest BCUT2D eigenvalue weighted by Crippen LogP contribution is -2.41. The van der Waals surface area contributed by atoms with Crippen molar-refractivity contribution in [2.24, 2.45) is 0 Å². The topological polar surface area (TPSA) is 57.6 Å². The molecule has 4 nitrogen and oxygen atoms in total. The molecule has 1 heterocycles. The molecule has 1 amide bonds. The minimum absolute atomic E-state index is 0.347. The second kappa shape index (κ2) is 5.81. The van der Waals surface area contributed by atoms with Gasteiger partial charge in [-0.3, -0.25) is 4.79 Å². The molecule has 0 fully saturated rings. The lowest BCUT2D eigenvalue weighted by molar-refractivity contribution is -0.142. The van der Waals surface area contributed by atoms with Crippen molar-refractivity contribution in [3.63, 3.8) is 0 Å². The molecule has 0 aliphatic carbocycles. The Morgan fingerprint density at radius 1 is 1.40 bits per heavy atom. The molecule has 0 radical (unpaired) electrons. The maximum Gasteiger partial charge on any atom is 0.326 e. The Kier molecular flexibility index (Phi) is 4.30. The molecule has 2 rings (SSSR count). The van der Waals surface area contributed by atoms with Crippen LogP contribution in [0, 0.1) is 0 Å². The van der Waals surface area contributed by atoms with Crippen LogP contribution in [0.3, 0.4) is 0 Å². The number of nitrogens with zero attached hydrogens (tertiary/aromatic N) is 1. The fraction of sp³-hybridized carbons (Fsp3) is 0.286. The first-order valence-corrected chi connectivity index (χ1v) is 7.33. The number of benzene rings is 1. The van der Waals surface area contributed by atoms with E-state index in [0.717, 1.165) is 10.1 Å². The molecule has 1 unspecified atom stereocenters. The second-order valence-electron chi connectivity index (χ2n) is 4.42. The van der Waals surface area contributed by atoms with E-state index in [-0.39, 0.29) is 5.91 Å². The average Bonchev–Trinajstić information content (AvgIpc) is 2.76. The van der Waals surface area contributed by atoms with E-state index >= 15 is 0 Å². The van der Waals surface area contributed by atoms with Gasteiger partial charge in [0.15, 0.2) is 0 Å². The SMILES string of the molecule is CCC(C(=O)O)N(C)C(=O)c1sc2ccccc2c1Cl. The van der Waals surface area contributed by atoms with Crippen molar-refractivity contribution in [1.29, 1.82) is 0 Å². The Morgan fingerprint density at radius 3 is 2.60 bits per heavy atom. The summed E-state index contributed by atoms with van der Waals surface area (Å²) in [5.41, 5.74) is 0. The Bertz CT molecular complexity index is 667. The highest BCUT2D eigenvalue weighted by Gasteiger charge is 2.28. The third-order valence-corrected chi connectivity index (χ3v) is 4.85. The molecule has 0 bridgehead atoms. The van der Waals surface area contributed by atoms with Crippen LogP contribution < -0.4 is 0 Å². The number of halogens is 1. The monoisotopic (exact) mass is 311 g/mol. The number of carboxylic acid groups (broad SMARTS) is 1. The fourth-order valence-electron chi connectivity index (χ4n) is 2.07. The minimum atomic E-state index is -1.01. The molecule has 1 N–H and O–H groups in total. The van der Waals surface area contributed by atoms with Crippen molar-refractivity contribution in [3.8, 4) is 0 Å². The molecule has 0 aliphatic rings. The van der Waals surface area contributed by atoms with Crippen LogP contribution in [0.25, 0.3) is 10.1 Å². The van der Waals surface area contributed by atoms with Crippen LogP contribution in [-0.2, 0) is 4.79 Å². The molecule has 0 aliphatic heterocycles. The Morgan fingerprint density at radius 2 is 2.05 bits per heavy atom. The molecular weight excluding hydrogens is 298 g/mol. The third kappa shape index (κ3) is 2.51. The van der Waals surface area contributed by atoms with Crippen molar-refractivity contribution in [2.45, 2.75) is 19.4 Å². The number of fused-ring (bicyclic) bond motifs is 1. The molecule has 6 heteroatoms. The quantitative estimate of drug-likeness (QED) is 0.940. The van der Waals surface area contributed by atoms with Gasteiger partial charge in [0, 0.05) is 17.1 Å². The number of aliphatic carboxylic acids is 1. The second-order valence-corrected chi connectivity index (χ2v) is 5.85. The molecule has 2 aromatic rings. The lowest BCUT2D eigenvalue weighted by Gasteiger charge is -2.23. The Balaban J connectivity index is 2.40. The standard InChI is InChI=1S/C14H14ClNO3S/c1-3-9(14(18)19)16(2)13(17)12-11(15)8-6-4-5-7-10(8)20-12/h4-7,9H,3H2,1-2H3,(H,18,19). The van der Waals surface area contributed by atoms with Gasteiger partial charge in [-0.1, -0.05) is 36.7 Å². The number of carboxylic acids is 1. The summed E-state index contributed by atoms with van der Waals surface area (Å²) >= 11 is 7.52. The largest absolute Gasteiger partial charge is 0.480 e. The average molecular weight is 312 g/mol. The highest BCUT2D eigenvalue weighted by atomic mass is 35.5. The van der Waals surface area contributed by atoms with E-state index in [9.17, 15) is 9.59 Å². The van der Waals surface area contributed by atoms with E-state index in [0.29, 0.717) is 16.3 Å². The van der Waals surface area contributed by atoms with Gasteiger partial charge in [-0.05, 0) is 12.5 Å². The summed E-state index contributed by atoms with van der Waals surface area (Å²) in [5, 5.41) is 10.3. The van der Waals surface area contributed by atoms with E-state index in [1.54, 1.807) is 6.92 Å². The highest BCUT2D eigenvalue weighted by Crippen LogP contribution is 2.36. The molecule has 1 atom stereocenters. The van der Waals surface area contributed by atoms with Crippen LogP contribution in [0.4, 0.5) is 0 Å². The number of amides is 1. The number of carbonyl (C=O) groups is 2. The zero-order valence-corrected chi connectivity index (χ0v) is 12.7. The molecule has 1 aromatic heterocycles. The predicted molar refractivity (Wildman–Crippen MR) is 80.6 cm³/mol. The van der Waals surface area contributed by atoms with Gasteiger partial charge in [0.25, 0.3) is 5.91 Å². The lowest BCUT2D eigenvalue weighted by atomic mass is 10.2. The summed E-state index contributed by atoms with van der Waals surface area (Å²) in [7, 11) is 1.49. The number of thiophene rings is 1. The summed E-state index contributed by atoms with van der Waals surface area (Å²) < 4.78 is 0.914. The first-order chi connectivity index (χ1) is 9.47. The number of likely N-dealkylation sites (N-methyl/N-ethyl adjacent to an activating group) is 1. The van der Waals surface area contributed by atoms with Crippen LogP contribution >= 0.6 is 22.9 Å². The van der Waals surface area contributed by atoms with Gasteiger partial charge in [-0.15, -0.1) is 11.3 Å². The predicted octanol–water partition coefficient (Wildman–Crippen LogP) is 3.49. The van der Waals surface area contributed by atoms with Gasteiger partial charge in [0.05, 0.1) is 5.02 Å². The van der Waals surface area contributed by atoms with Gasteiger partial charge < -0.3 is 10.0 Å². The molecule has 1 aromatic carbocycles. The zero-order chi connectivity index (χ0) is 14.9. The van der Waals surface area contributed by atoms with Crippen molar-refractivity contribution < 1.29 is 14.7 Å². The summed E-state index contributed by atoms with van der Waals surface area (Å²) in [6.45, 7) is 1.73. The van der Waals surface area contributed by atoms with Crippen molar-refractivity contribution in [2.75, 3.05) is 7.05 Å². The number of hydrogen-bond donors (Lipinski definition) is 1. The smallest absolute Gasteiger partial charge is 0.326 e. The van der Waals surface area contributed by atoms with Gasteiger partial charge >= 0.3 is 5.97 Å². The van der Waals surface area contributed by atoms with E-state index in [1.165, 1.54) is 23.3 Å². The molecular formula is C14H14ClNO3S. The number of rotatable bonds is 4. The van der Waals surface area contributed by atoms with Gasteiger partial charge in [-0.2, -0.15) is 0 Å². The Labute approximate surface area is 125 Å². The van der Waals surface area contributed by atoms with Gasteiger partial charge in [0.1, 0.15) is 10.9 Å². The summed E-state index contributed by atoms with van der Waals surface area (Å²) in [4.78, 5) is 25.2. The molecule has 0 saturated carbocycles. The van der Waals surface area contributed by atoms with Gasteiger partial charge in [0.2, 0.25) is 0 Å². The summed E-state index contributed by atoms with van der Waals surface area (Å²) in [6.07, 6.45) is 0.347. The van der Waals surface area contributed by atoms with Crippen LogP contribution in [0.5, 0.6) is 0 Å². The fourth-order valence-corrected chi connectivity index (χ4v) is 3.56. The Hall–Kier alpha value is -1.59.